The van der Waals surface area contributed by atoms with Crippen molar-refractivity contribution in [2.45, 2.75) is 19.1 Å². The van der Waals surface area contributed by atoms with Crippen LogP contribution in [0.5, 0.6) is 11.5 Å². The molecule has 0 bridgehead atoms. The van der Waals surface area contributed by atoms with E-state index in [9.17, 15) is 5.11 Å². The summed E-state index contributed by atoms with van der Waals surface area (Å²) in [6.07, 6.45) is 3.25. The van der Waals surface area contributed by atoms with Gasteiger partial charge in [-0.1, -0.05) is 23.5 Å². The number of rotatable bonds is 0. The number of nitrogens with zero attached hydrogens (tertiary/aromatic N) is 1. The van der Waals surface area contributed by atoms with Crippen LogP contribution in [0.3, 0.4) is 0 Å². The SMILES string of the molecule is Oc1ccc2c(c1)OC1CC[n+]3c(sc4ccccc43)C1=C2. The molecule has 0 fully saturated rings. The van der Waals surface area contributed by atoms with Gasteiger partial charge in [-0.25, -0.2) is 0 Å². The highest BCUT2D eigenvalue weighted by molar-refractivity contribution is 7.19. The predicted molar refractivity (Wildman–Crippen MR) is 87.0 cm³/mol. The first-order valence-electron chi connectivity index (χ1n) is 7.42. The lowest BCUT2D eigenvalue weighted by atomic mass is 9.97. The first-order chi connectivity index (χ1) is 10.8. The van der Waals surface area contributed by atoms with Gasteiger partial charge in [0, 0.05) is 24.1 Å². The van der Waals surface area contributed by atoms with Crippen molar-refractivity contribution < 1.29 is 14.4 Å². The Bertz CT molecular complexity index is 941. The second-order valence-electron chi connectivity index (χ2n) is 5.74. The summed E-state index contributed by atoms with van der Waals surface area (Å²) in [5.41, 5.74) is 3.60. The third-order valence-electron chi connectivity index (χ3n) is 4.39. The first kappa shape index (κ1) is 12.2. The summed E-state index contributed by atoms with van der Waals surface area (Å²) in [4.78, 5) is 0. The number of ether oxygens (including phenoxy) is 1. The maximum atomic E-state index is 9.63. The van der Waals surface area contributed by atoms with E-state index in [1.54, 1.807) is 12.1 Å². The van der Waals surface area contributed by atoms with E-state index in [0.717, 1.165) is 24.3 Å². The minimum absolute atomic E-state index is 0.0855. The minimum atomic E-state index is 0.0855. The fraction of sp³-hybridized carbons (Fsp3) is 0.167. The molecule has 2 aromatic carbocycles. The van der Waals surface area contributed by atoms with Gasteiger partial charge in [-0.3, -0.25) is 0 Å². The molecule has 1 unspecified atom stereocenters. The van der Waals surface area contributed by atoms with Crippen LogP contribution in [0.25, 0.3) is 21.9 Å². The number of benzene rings is 2. The van der Waals surface area contributed by atoms with E-state index >= 15 is 0 Å². The average Bonchev–Trinajstić information content (AvgIpc) is 2.92. The number of fused-ring (bicyclic) bond motifs is 6. The van der Waals surface area contributed by atoms with Gasteiger partial charge in [-0.15, -0.1) is 0 Å². The Morgan fingerprint density at radius 3 is 3.05 bits per heavy atom. The van der Waals surface area contributed by atoms with E-state index in [4.69, 9.17) is 4.74 Å². The average molecular weight is 308 g/mol. The van der Waals surface area contributed by atoms with Gasteiger partial charge in [0.25, 0.3) is 5.01 Å². The van der Waals surface area contributed by atoms with Crippen LogP contribution < -0.4 is 9.30 Å². The molecular formula is C18H14NO2S+. The lowest BCUT2D eigenvalue weighted by Crippen LogP contribution is -2.45. The molecule has 1 N–H and O–H groups in total. The Labute approximate surface area is 131 Å². The summed E-state index contributed by atoms with van der Waals surface area (Å²) >= 11 is 1.83. The highest BCUT2D eigenvalue weighted by atomic mass is 32.1. The Morgan fingerprint density at radius 1 is 1.18 bits per heavy atom. The minimum Gasteiger partial charge on any atom is -0.508 e. The highest BCUT2D eigenvalue weighted by Crippen LogP contribution is 2.40. The van der Waals surface area contributed by atoms with E-state index in [1.807, 2.05) is 17.4 Å². The van der Waals surface area contributed by atoms with Crippen LogP contribution in [0, 0.1) is 0 Å². The molecule has 0 radical (unpaired) electrons. The maximum Gasteiger partial charge on any atom is 0.269 e. The van der Waals surface area contributed by atoms with E-state index in [-0.39, 0.29) is 11.9 Å². The number of para-hydroxylation sites is 1. The number of aryl methyl sites for hydroxylation is 1. The summed E-state index contributed by atoms with van der Waals surface area (Å²) in [5.74, 6) is 1.03. The lowest BCUT2D eigenvalue weighted by Gasteiger charge is -2.27. The number of hydrogen-bond donors (Lipinski definition) is 1. The molecular weight excluding hydrogens is 294 g/mol. The summed E-state index contributed by atoms with van der Waals surface area (Å²) in [5, 5.41) is 10.9. The van der Waals surface area contributed by atoms with Crippen molar-refractivity contribution in [3.8, 4) is 11.5 Å². The first-order valence-corrected chi connectivity index (χ1v) is 8.24. The van der Waals surface area contributed by atoms with Crippen molar-refractivity contribution in [2.24, 2.45) is 0 Å². The van der Waals surface area contributed by atoms with Gasteiger partial charge < -0.3 is 9.84 Å². The van der Waals surface area contributed by atoms with Crippen LogP contribution >= 0.6 is 11.3 Å². The molecule has 0 saturated heterocycles. The van der Waals surface area contributed by atoms with Crippen LogP contribution in [0.1, 0.15) is 17.0 Å². The third kappa shape index (κ3) is 1.64. The van der Waals surface area contributed by atoms with Crippen molar-refractivity contribution in [2.75, 3.05) is 0 Å². The molecule has 108 valence electrons. The Balaban J connectivity index is 1.74. The molecule has 1 atom stereocenters. The van der Waals surface area contributed by atoms with Gasteiger partial charge in [-0.2, -0.15) is 4.57 Å². The summed E-state index contributed by atoms with van der Waals surface area (Å²) < 4.78 is 9.85. The second kappa shape index (κ2) is 4.34. The smallest absolute Gasteiger partial charge is 0.269 e. The summed E-state index contributed by atoms with van der Waals surface area (Å²) in [6, 6.07) is 13.9. The Hall–Kier alpha value is -2.33. The third-order valence-corrected chi connectivity index (χ3v) is 5.61. The molecule has 4 heteroatoms. The molecule has 0 aliphatic carbocycles. The van der Waals surface area contributed by atoms with Gasteiger partial charge in [0.05, 0.1) is 5.57 Å². The fourth-order valence-corrected chi connectivity index (χ4v) is 4.60. The molecule has 3 nitrogen and oxygen atoms in total. The van der Waals surface area contributed by atoms with Crippen LogP contribution in [0.4, 0.5) is 0 Å². The quantitative estimate of drug-likeness (QED) is 0.644. The molecule has 0 spiro atoms. The van der Waals surface area contributed by atoms with Gasteiger partial charge in [-0.05, 0) is 24.3 Å². The summed E-state index contributed by atoms with van der Waals surface area (Å²) in [6.45, 7) is 0.968. The number of phenols is 1. The molecule has 22 heavy (non-hydrogen) atoms. The van der Waals surface area contributed by atoms with Crippen molar-refractivity contribution in [3.05, 3.63) is 53.0 Å². The zero-order chi connectivity index (χ0) is 14.7. The number of aromatic nitrogens is 1. The molecule has 3 heterocycles. The normalized spacial score (nSPS) is 18.9. The van der Waals surface area contributed by atoms with Crippen molar-refractivity contribution in [3.63, 3.8) is 0 Å². The topological polar surface area (TPSA) is 33.3 Å². The Kier molecular flexibility index (Phi) is 2.41. The zero-order valence-corrected chi connectivity index (χ0v) is 12.6. The molecule has 3 aromatic rings. The Morgan fingerprint density at radius 2 is 2.09 bits per heavy atom. The standard InChI is InChI=1S/C18H13NO2S/c20-12-6-5-11-9-13-15(21-16(11)10-12)7-8-19-14-3-1-2-4-17(14)22-18(13)19/h1-6,9-10,15H,7-8H2/p+1. The molecule has 0 saturated carbocycles. The van der Waals surface area contributed by atoms with E-state index in [2.05, 4.69) is 34.9 Å². The largest absolute Gasteiger partial charge is 0.508 e. The molecule has 1 aromatic heterocycles. The maximum absolute atomic E-state index is 9.63. The van der Waals surface area contributed by atoms with Crippen LogP contribution in [0.2, 0.25) is 0 Å². The van der Waals surface area contributed by atoms with Gasteiger partial charge >= 0.3 is 0 Å². The lowest BCUT2D eigenvalue weighted by molar-refractivity contribution is -0.673. The molecule has 0 amide bonds. The highest BCUT2D eigenvalue weighted by Gasteiger charge is 2.37. The van der Waals surface area contributed by atoms with E-state index < -0.39 is 0 Å². The van der Waals surface area contributed by atoms with Gasteiger partial charge in [0.1, 0.15) is 22.3 Å². The zero-order valence-electron chi connectivity index (χ0n) is 11.8. The fourth-order valence-electron chi connectivity index (χ4n) is 3.35. The van der Waals surface area contributed by atoms with Crippen molar-refractivity contribution in [1.82, 2.24) is 0 Å². The van der Waals surface area contributed by atoms with Gasteiger partial charge in [0.15, 0.2) is 6.54 Å². The van der Waals surface area contributed by atoms with Crippen LogP contribution in [-0.4, -0.2) is 11.2 Å². The van der Waals surface area contributed by atoms with E-state index in [1.165, 1.54) is 20.8 Å². The molecule has 5 rings (SSSR count). The van der Waals surface area contributed by atoms with Gasteiger partial charge in [0.2, 0.25) is 5.52 Å². The van der Waals surface area contributed by atoms with Crippen LogP contribution in [-0.2, 0) is 6.54 Å². The number of hydrogen-bond acceptors (Lipinski definition) is 3. The van der Waals surface area contributed by atoms with Crippen molar-refractivity contribution in [1.29, 1.82) is 0 Å². The number of aromatic hydroxyl groups is 1. The molecule has 2 aliphatic rings. The monoisotopic (exact) mass is 308 g/mol. The van der Waals surface area contributed by atoms with E-state index in [0.29, 0.717) is 0 Å². The summed E-state index contributed by atoms with van der Waals surface area (Å²) in [7, 11) is 0. The number of thiazole rings is 1. The van der Waals surface area contributed by atoms with Crippen molar-refractivity contribution >= 4 is 33.2 Å². The number of phenolic OH excluding ortho intramolecular Hbond substituents is 1. The molecule has 2 aliphatic heterocycles. The second-order valence-corrected chi connectivity index (χ2v) is 6.77. The van der Waals surface area contributed by atoms with Crippen LogP contribution in [0.15, 0.2) is 42.5 Å². The predicted octanol–water partition coefficient (Wildman–Crippen LogP) is 3.60.